The van der Waals surface area contributed by atoms with Crippen molar-refractivity contribution in [3.8, 4) is 0 Å². The molecule has 1 unspecified atom stereocenters. The second-order valence-corrected chi connectivity index (χ2v) is 5.41. The molecule has 3 N–H and O–H groups in total. The van der Waals surface area contributed by atoms with E-state index in [9.17, 15) is 4.79 Å². The van der Waals surface area contributed by atoms with Gasteiger partial charge in [0.2, 0.25) is 5.91 Å². The van der Waals surface area contributed by atoms with Crippen molar-refractivity contribution in [1.82, 2.24) is 4.98 Å². The van der Waals surface area contributed by atoms with Crippen LogP contribution in [0.25, 0.3) is 0 Å². The second kappa shape index (κ2) is 6.33. The molecule has 1 aromatic heterocycles. The first-order valence-corrected chi connectivity index (χ1v) is 6.49. The number of nitrogens with one attached hydrogen (secondary N) is 1. The van der Waals surface area contributed by atoms with Crippen molar-refractivity contribution in [1.29, 1.82) is 0 Å². The molecule has 0 aromatic carbocycles. The number of hydrogen-bond donors (Lipinski definition) is 2. The van der Waals surface area contributed by atoms with E-state index in [2.05, 4.69) is 17.2 Å². The van der Waals surface area contributed by atoms with Crippen LogP contribution in [0.15, 0.2) is 0 Å². The van der Waals surface area contributed by atoms with Gasteiger partial charge in [-0.1, -0.05) is 6.92 Å². The largest absolute Gasteiger partial charge is 0.330 e. The maximum absolute atomic E-state index is 11.4. The maximum Gasteiger partial charge on any atom is 0.227 e. The number of carbonyl (C=O) groups excluding carboxylic acids is 1. The molecule has 0 radical (unpaired) electrons. The predicted molar refractivity (Wildman–Crippen MR) is 72.9 cm³/mol. The van der Waals surface area contributed by atoms with Gasteiger partial charge in [-0.3, -0.25) is 4.79 Å². The van der Waals surface area contributed by atoms with Gasteiger partial charge in [0.25, 0.3) is 0 Å². The van der Waals surface area contributed by atoms with E-state index in [4.69, 9.17) is 5.73 Å². The summed E-state index contributed by atoms with van der Waals surface area (Å²) in [5.74, 6) is 0.696. The number of anilines is 1. The van der Waals surface area contributed by atoms with Gasteiger partial charge in [-0.2, -0.15) is 0 Å². The van der Waals surface area contributed by atoms with Crippen molar-refractivity contribution in [2.24, 2.45) is 11.7 Å². The molecule has 1 aromatic rings. The Morgan fingerprint density at radius 3 is 3.12 bits per heavy atom. The smallest absolute Gasteiger partial charge is 0.227 e. The normalized spacial score (nSPS) is 18.1. The van der Waals surface area contributed by atoms with E-state index in [-0.39, 0.29) is 18.3 Å². The Morgan fingerprint density at radius 2 is 2.41 bits per heavy atom. The number of hydrogen-bond acceptors (Lipinski definition) is 4. The lowest BCUT2D eigenvalue weighted by Gasteiger charge is -2.15. The van der Waals surface area contributed by atoms with Crippen molar-refractivity contribution >= 4 is 34.8 Å². The lowest BCUT2D eigenvalue weighted by Crippen LogP contribution is -2.16. The van der Waals surface area contributed by atoms with Crippen LogP contribution in [0.2, 0.25) is 0 Å². The van der Waals surface area contributed by atoms with Crippen molar-refractivity contribution < 1.29 is 4.79 Å². The van der Waals surface area contributed by atoms with E-state index in [0.717, 1.165) is 23.9 Å². The van der Waals surface area contributed by atoms with E-state index in [0.29, 0.717) is 13.0 Å². The van der Waals surface area contributed by atoms with Crippen molar-refractivity contribution in [2.45, 2.75) is 32.6 Å². The molecule has 0 fully saturated rings. The van der Waals surface area contributed by atoms with Gasteiger partial charge in [0.05, 0.1) is 5.69 Å². The number of halogens is 1. The van der Waals surface area contributed by atoms with Crippen LogP contribution in [-0.2, 0) is 17.6 Å². The summed E-state index contributed by atoms with van der Waals surface area (Å²) in [4.78, 5) is 17.2. The quantitative estimate of drug-likeness (QED) is 0.886. The SMILES string of the molecule is CC1CCc2nc(NC(=O)CCN)sc2C1.Cl. The number of aromatic nitrogens is 1. The Labute approximate surface area is 111 Å². The number of fused-ring (bicyclic) bond motifs is 1. The highest BCUT2D eigenvalue weighted by molar-refractivity contribution is 7.15. The molecular formula is C11H18ClN3OS. The van der Waals surface area contributed by atoms with Crippen LogP contribution in [0.3, 0.4) is 0 Å². The highest BCUT2D eigenvalue weighted by Gasteiger charge is 2.20. The van der Waals surface area contributed by atoms with Crippen LogP contribution in [-0.4, -0.2) is 17.4 Å². The zero-order chi connectivity index (χ0) is 11.5. The van der Waals surface area contributed by atoms with Crippen LogP contribution in [0.5, 0.6) is 0 Å². The number of rotatable bonds is 3. The van der Waals surface area contributed by atoms with Crippen molar-refractivity contribution in [3.63, 3.8) is 0 Å². The minimum absolute atomic E-state index is 0. The molecule has 1 heterocycles. The van der Waals surface area contributed by atoms with Crippen LogP contribution in [0.4, 0.5) is 5.13 Å². The van der Waals surface area contributed by atoms with Gasteiger partial charge in [-0.05, 0) is 25.2 Å². The first-order valence-electron chi connectivity index (χ1n) is 5.67. The monoisotopic (exact) mass is 275 g/mol. The molecule has 1 amide bonds. The fourth-order valence-electron chi connectivity index (χ4n) is 1.91. The third-order valence-electron chi connectivity index (χ3n) is 2.80. The van der Waals surface area contributed by atoms with Gasteiger partial charge in [0.15, 0.2) is 5.13 Å². The first-order chi connectivity index (χ1) is 7.69. The van der Waals surface area contributed by atoms with E-state index in [1.807, 2.05) is 0 Å². The van der Waals surface area contributed by atoms with Gasteiger partial charge in [0, 0.05) is 17.8 Å². The van der Waals surface area contributed by atoms with E-state index in [1.54, 1.807) is 11.3 Å². The number of aryl methyl sites for hydroxylation is 1. The minimum atomic E-state index is -0.0401. The molecular weight excluding hydrogens is 258 g/mol. The summed E-state index contributed by atoms with van der Waals surface area (Å²) in [6, 6.07) is 0. The molecule has 4 nitrogen and oxygen atoms in total. The van der Waals surface area contributed by atoms with Gasteiger partial charge >= 0.3 is 0 Å². The lowest BCUT2D eigenvalue weighted by molar-refractivity contribution is -0.116. The average Bonchev–Trinajstić information content (AvgIpc) is 2.59. The molecule has 1 aliphatic rings. The number of thiazole rings is 1. The third kappa shape index (κ3) is 3.66. The van der Waals surface area contributed by atoms with Gasteiger partial charge in [0.1, 0.15) is 0 Å². The predicted octanol–water partition coefficient (Wildman–Crippen LogP) is 1.98. The minimum Gasteiger partial charge on any atom is -0.330 e. The number of amides is 1. The van der Waals surface area contributed by atoms with Crippen LogP contribution in [0.1, 0.15) is 30.3 Å². The summed E-state index contributed by atoms with van der Waals surface area (Å²) in [5.41, 5.74) is 6.49. The Bertz CT molecular complexity index is 394. The summed E-state index contributed by atoms with van der Waals surface area (Å²) in [6.45, 7) is 2.64. The summed E-state index contributed by atoms with van der Waals surface area (Å²) in [6.07, 6.45) is 3.70. The highest BCUT2D eigenvalue weighted by atomic mass is 35.5. The number of carbonyl (C=O) groups is 1. The Kier molecular flexibility index (Phi) is 5.36. The standard InChI is InChI=1S/C11H17N3OS.ClH/c1-7-2-3-8-9(6-7)16-11(13-8)14-10(15)4-5-12;/h7H,2-6,12H2,1H3,(H,13,14,15);1H. The van der Waals surface area contributed by atoms with Crippen LogP contribution in [0, 0.1) is 5.92 Å². The molecule has 0 saturated carbocycles. The fraction of sp³-hybridized carbons (Fsp3) is 0.636. The van der Waals surface area contributed by atoms with E-state index < -0.39 is 0 Å². The molecule has 1 atom stereocenters. The van der Waals surface area contributed by atoms with Gasteiger partial charge < -0.3 is 11.1 Å². The topological polar surface area (TPSA) is 68.0 Å². The third-order valence-corrected chi connectivity index (χ3v) is 3.84. The number of nitrogens with two attached hydrogens (primary N) is 1. The zero-order valence-corrected chi connectivity index (χ0v) is 11.5. The molecule has 1 aliphatic carbocycles. The molecule has 0 spiro atoms. The molecule has 2 rings (SSSR count). The van der Waals surface area contributed by atoms with Gasteiger partial charge in [-0.25, -0.2) is 4.98 Å². The molecule has 17 heavy (non-hydrogen) atoms. The summed E-state index contributed by atoms with van der Waals surface area (Å²) >= 11 is 1.61. The van der Waals surface area contributed by atoms with E-state index >= 15 is 0 Å². The van der Waals surface area contributed by atoms with Crippen LogP contribution >= 0.6 is 23.7 Å². The Hall–Kier alpha value is -0.650. The fourth-order valence-corrected chi connectivity index (χ4v) is 3.09. The number of nitrogens with zero attached hydrogens (tertiary/aromatic N) is 1. The molecule has 0 bridgehead atoms. The van der Waals surface area contributed by atoms with Crippen molar-refractivity contribution in [2.75, 3.05) is 11.9 Å². The molecule has 0 aliphatic heterocycles. The van der Waals surface area contributed by atoms with Crippen LogP contribution < -0.4 is 11.1 Å². The summed E-state index contributed by atoms with van der Waals surface area (Å²) < 4.78 is 0. The second-order valence-electron chi connectivity index (χ2n) is 4.32. The molecule has 6 heteroatoms. The summed E-state index contributed by atoms with van der Waals surface area (Å²) in [5, 5.41) is 3.54. The Morgan fingerprint density at radius 1 is 1.65 bits per heavy atom. The molecule has 0 saturated heterocycles. The first kappa shape index (κ1) is 14.4. The average molecular weight is 276 g/mol. The molecule has 96 valence electrons. The van der Waals surface area contributed by atoms with Crippen molar-refractivity contribution in [3.05, 3.63) is 10.6 Å². The maximum atomic E-state index is 11.4. The highest BCUT2D eigenvalue weighted by Crippen LogP contribution is 2.31. The summed E-state index contributed by atoms with van der Waals surface area (Å²) in [7, 11) is 0. The van der Waals surface area contributed by atoms with E-state index in [1.165, 1.54) is 17.0 Å². The Balaban J connectivity index is 0.00000144. The van der Waals surface area contributed by atoms with Gasteiger partial charge in [-0.15, -0.1) is 23.7 Å². The zero-order valence-electron chi connectivity index (χ0n) is 9.86. The lowest BCUT2D eigenvalue weighted by atomic mass is 9.93.